The molecule has 4 heterocycles. The molecule has 6 heteroatoms. The lowest BCUT2D eigenvalue weighted by Crippen LogP contribution is -2.09. The Morgan fingerprint density at radius 1 is 1.12 bits per heavy atom. The molecule has 25 heavy (non-hydrogen) atoms. The summed E-state index contributed by atoms with van der Waals surface area (Å²) in [6.07, 6.45) is 3.68. The number of aromatic nitrogens is 3. The van der Waals surface area contributed by atoms with Gasteiger partial charge in [0.05, 0.1) is 16.3 Å². The molecule has 0 fully saturated rings. The number of nitrogens with one attached hydrogen (secondary N) is 1. The summed E-state index contributed by atoms with van der Waals surface area (Å²) in [5.41, 5.74) is 2.38. The van der Waals surface area contributed by atoms with E-state index in [4.69, 9.17) is 9.97 Å². The number of fused-ring (bicyclic) bond motifs is 1. The van der Waals surface area contributed by atoms with E-state index in [9.17, 15) is 0 Å². The SMILES string of the molecule is Cc1sc2nc(-c3cccs3)nc(N[C@H](C)c3cccnc3)c2c1C. The lowest BCUT2D eigenvalue weighted by atomic mass is 10.1. The quantitative estimate of drug-likeness (QED) is 0.510. The van der Waals surface area contributed by atoms with Gasteiger partial charge in [-0.1, -0.05) is 12.1 Å². The van der Waals surface area contributed by atoms with Crippen molar-refractivity contribution in [3.05, 3.63) is 58.0 Å². The zero-order valence-corrected chi connectivity index (χ0v) is 15.9. The van der Waals surface area contributed by atoms with Crippen molar-refractivity contribution in [3.8, 4) is 10.7 Å². The highest BCUT2D eigenvalue weighted by molar-refractivity contribution is 7.19. The molecule has 0 aliphatic rings. The minimum absolute atomic E-state index is 0.114. The third-order valence-electron chi connectivity index (χ3n) is 4.31. The molecule has 1 N–H and O–H groups in total. The second kappa shape index (κ2) is 6.54. The minimum Gasteiger partial charge on any atom is -0.363 e. The van der Waals surface area contributed by atoms with Crippen molar-refractivity contribution >= 4 is 38.7 Å². The summed E-state index contributed by atoms with van der Waals surface area (Å²) in [6, 6.07) is 8.24. The zero-order chi connectivity index (χ0) is 17.4. The number of anilines is 1. The number of aryl methyl sites for hydroxylation is 2. The Kier molecular flexibility index (Phi) is 4.23. The van der Waals surface area contributed by atoms with E-state index in [1.54, 1.807) is 28.9 Å². The largest absolute Gasteiger partial charge is 0.363 e. The van der Waals surface area contributed by atoms with Gasteiger partial charge in [0.25, 0.3) is 0 Å². The molecule has 0 amide bonds. The first-order chi connectivity index (χ1) is 12.1. The first kappa shape index (κ1) is 16.2. The maximum Gasteiger partial charge on any atom is 0.173 e. The number of nitrogens with zero attached hydrogens (tertiary/aromatic N) is 3. The Balaban J connectivity index is 1.83. The maximum atomic E-state index is 4.86. The fourth-order valence-corrected chi connectivity index (χ4v) is 4.48. The molecule has 0 aromatic carbocycles. The van der Waals surface area contributed by atoms with Crippen molar-refractivity contribution in [2.45, 2.75) is 26.8 Å². The van der Waals surface area contributed by atoms with Crippen molar-refractivity contribution in [2.24, 2.45) is 0 Å². The average molecular weight is 367 g/mol. The van der Waals surface area contributed by atoms with E-state index < -0.39 is 0 Å². The number of thiophene rings is 2. The molecule has 0 radical (unpaired) electrons. The summed E-state index contributed by atoms with van der Waals surface area (Å²) in [7, 11) is 0. The van der Waals surface area contributed by atoms with Crippen LogP contribution in [-0.4, -0.2) is 15.0 Å². The summed E-state index contributed by atoms with van der Waals surface area (Å²) in [5.74, 6) is 1.68. The number of pyridine rings is 1. The molecular weight excluding hydrogens is 348 g/mol. The standard InChI is InChI=1S/C19H18N4S2/c1-11-13(3)25-19-16(11)18(21-12(2)14-6-4-8-20-10-14)22-17(23-19)15-7-5-9-24-15/h4-10,12H,1-3H3,(H,21,22,23)/t12-/m1/s1. The van der Waals surface area contributed by atoms with Crippen LogP contribution in [0.2, 0.25) is 0 Å². The first-order valence-corrected chi connectivity index (χ1v) is 9.81. The van der Waals surface area contributed by atoms with E-state index in [1.807, 2.05) is 18.3 Å². The van der Waals surface area contributed by atoms with E-state index in [0.717, 1.165) is 32.3 Å². The molecule has 1 atom stereocenters. The molecule has 0 bridgehead atoms. The van der Waals surface area contributed by atoms with Gasteiger partial charge in [0, 0.05) is 17.3 Å². The van der Waals surface area contributed by atoms with Crippen molar-refractivity contribution in [3.63, 3.8) is 0 Å². The van der Waals surface area contributed by atoms with Crippen molar-refractivity contribution in [1.82, 2.24) is 15.0 Å². The molecule has 0 saturated carbocycles. The second-order valence-corrected chi connectivity index (χ2v) is 8.14. The van der Waals surface area contributed by atoms with Crippen LogP contribution in [0.3, 0.4) is 0 Å². The first-order valence-electron chi connectivity index (χ1n) is 8.11. The Bertz CT molecular complexity index is 1010. The summed E-state index contributed by atoms with van der Waals surface area (Å²) in [5, 5.41) is 6.76. The summed E-state index contributed by atoms with van der Waals surface area (Å²) in [6.45, 7) is 6.41. The third-order valence-corrected chi connectivity index (χ3v) is 6.27. The smallest absolute Gasteiger partial charge is 0.173 e. The molecule has 0 saturated heterocycles. The Morgan fingerprint density at radius 3 is 2.72 bits per heavy atom. The van der Waals surface area contributed by atoms with Crippen LogP contribution in [0, 0.1) is 13.8 Å². The monoisotopic (exact) mass is 366 g/mol. The minimum atomic E-state index is 0.114. The van der Waals surface area contributed by atoms with Crippen LogP contribution >= 0.6 is 22.7 Å². The molecule has 4 aromatic heterocycles. The van der Waals surface area contributed by atoms with Gasteiger partial charge in [0.15, 0.2) is 5.82 Å². The van der Waals surface area contributed by atoms with Crippen LogP contribution in [-0.2, 0) is 0 Å². The molecule has 0 unspecified atom stereocenters. The van der Waals surface area contributed by atoms with Gasteiger partial charge in [-0.3, -0.25) is 4.98 Å². The molecule has 0 aliphatic carbocycles. The van der Waals surface area contributed by atoms with Crippen molar-refractivity contribution < 1.29 is 0 Å². The lowest BCUT2D eigenvalue weighted by Gasteiger charge is -2.16. The molecular formula is C19H18N4S2. The predicted octanol–water partition coefficient (Wildman–Crippen LogP) is 5.60. The number of rotatable bonds is 4. The van der Waals surface area contributed by atoms with Gasteiger partial charge >= 0.3 is 0 Å². The Labute approximate surface area is 154 Å². The highest BCUT2D eigenvalue weighted by atomic mass is 32.1. The molecule has 4 nitrogen and oxygen atoms in total. The van der Waals surface area contributed by atoms with E-state index in [2.05, 4.69) is 48.6 Å². The van der Waals surface area contributed by atoms with E-state index in [0.29, 0.717) is 0 Å². The molecule has 4 rings (SSSR count). The van der Waals surface area contributed by atoms with Crippen LogP contribution in [0.4, 0.5) is 5.82 Å². The van der Waals surface area contributed by atoms with Crippen LogP contribution in [0.25, 0.3) is 20.9 Å². The normalized spacial score (nSPS) is 12.4. The maximum absolute atomic E-state index is 4.86. The van der Waals surface area contributed by atoms with Crippen LogP contribution < -0.4 is 5.32 Å². The fraction of sp³-hybridized carbons (Fsp3) is 0.211. The van der Waals surface area contributed by atoms with Gasteiger partial charge in [-0.05, 0) is 49.4 Å². The van der Waals surface area contributed by atoms with Crippen LogP contribution in [0.5, 0.6) is 0 Å². The molecule has 126 valence electrons. The highest BCUT2D eigenvalue weighted by Gasteiger charge is 2.17. The highest BCUT2D eigenvalue weighted by Crippen LogP contribution is 2.36. The molecule has 0 spiro atoms. The van der Waals surface area contributed by atoms with Crippen LogP contribution in [0.1, 0.15) is 29.0 Å². The van der Waals surface area contributed by atoms with Gasteiger partial charge in [-0.15, -0.1) is 22.7 Å². The van der Waals surface area contributed by atoms with Gasteiger partial charge in [0.2, 0.25) is 0 Å². The van der Waals surface area contributed by atoms with E-state index in [1.165, 1.54) is 10.4 Å². The lowest BCUT2D eigenvalue weighted by molar-refractivity contribution is 0.868. The average Bonchev–Trinajstić information content (AvgIpc) is 3.25. The van der Waals surface area contributed by atoms with Crippen molar-refractivity contribution in [1.29, 1.82) is 0 Å². The van der Waals surface area contributed by atoms with Gasteiger partial charge in [-0.25, -0.2) is 9.97 Å². The summed E-state index contributed by atoms with van der Waals surface area (Å²) < 4.78 is 0. The third kappa shape index (κ3) is 3.03. The van der Waals surface area contributed by atoms with Crippen molar-refractivity contribution in [2.75, 3.05) is 5.32 Å². The zero-order valence-electron chi connectivity index (χ0n) is 14.3. The van der Waals surface area contributed by atoms with E-state index in [-0.39, 0.29) is 6.04 Å². The number of hydrogen-bond acceptors (Lipinski definition) is 6. The molecule has 4 aromatic rings. The number of hydrogen-bond donors (Lipinski definition) is 1. The fourth-order valence-electron chi connectivity index (χ4n) is 2.79. The van der Waals surface area contributed by atoms with Gasteiger partial charge < -0.3 is 5.32 Å². The van der Waals surface area contributed by atoms with Crippen LogP contribution in [0.15, 0.2) is 42.0 Å². The van der Waals surface area contributed by atoms with Gasteiger partial charge in [0.1, 0.15) is 10.6 Å². The summed E-state index contributed by atoms with van der Waals surface area (Å²) in [4.78, 5) is 17.3. The van der Waals surface area contributed by atoms with E-state index >= 15 is 0 Å². The molecule has 0 aliphatic heterocycles. The second-order valence-electron chi connectivity index (χ2n) is 5.99. The summed E-state index contributed by atoms with van der Waals surface area (Å²) >= 11 is 3.39. The van der Waals surface area contributed by atoms with Gasteiger partial charge in [-0.2, -0.15) is 0 Å². The predicted molar refractivity (Wildman–Crippen MR) is 106 cm³/mol. The topological polar surface area (TPSA) is 50.7 Å². The Morgan fingerprint density at radius 2 is 2.00 bits per heavy atom. The Hall–Kier alpha value is -2.31.